The lowest BCUT2D eigenvalue weighted by Crippen LogP contribution is -2.24. The van der Waals surface area contributed by atoms with Gasteiger partial charge in [-0.1, -0.05) is 6.92 Å². The number of hydrogen-bond donors (Lipinski definition) is 1. The van der Waals surface area contributed by atoms with Gasteiger partial charge in [-0.05, 0) is 27.2 Å². The normalized spacial score (nSPS) is 11.1. The molecule has 1 N–H and O–H groups in total. The van der Waals surface area contributed by atoms with Crippen molar-refractivity contribution in [3.63, 3.8) is 0 Å². The smallest absolute Gasteiger partial charge is 0.349 e. The molecule has 7 heteroatoms. The SMILES string of the molecule is CCCNc1ncc([N+](=O)[O-])c(OC(C)(C)C)n1. The maximum atomic E-state index is 10.9. The second-order valence-electron chi connectivity index (χ2n) is 4.78. The standard InChI is InChI=1S/C11H18N4O3/c1-5-6-12-10-13-7-8(15(16)17)9(14-10)18-11(2,3)4/h7H,5-6H2,1-4H3,(H,12,13,14). The quantitative estimate of drug-likeness (QED) is 0.640. The number of aromatic nitrogens is 2. The van der Waals surface area contributed by atoms with E-state index in [-0.39, 0.29) is 11.6 Å². The van der Waals surface area contributed by atoms with E-state index in [4.69, 9.17) is 4.74 Å². The van der Waals surface area contributed by atoms with E-state index in [1.54, 1.807) is 20.8 Å². The molecule has 1 heterocycles. The number of nitrogens with zero attached hydrogens (tertiary/aromatic N) is 3. The molecule has 0 aliphatic heterocycles. The van der Waals surface area contributed by atoms with Crippen molar-refractivity contribution in [2.24, 2.45) is 0 Å². The molecule has 0 saturated carbocycles. The number of nitro groups is 1. The summed E-state index contributed by atoms with van der Waals surface area (Å²) in [5, 5.41) is 13.8. The van der Waals surface area contributed by atoms with E-state index >= 15 is 0 Å². The Morgan fingerprint density at radius 1 is 1.50 bits per heavy atom. The maximum absolute atomic E-state index is 10.9. The highest BCUT2D eigenvalue weighted by atomic mass is 16.6. The van der Waals surface area contributed by atoms with Crippen molar-refractivity contribution in [3.05, 3.63) is 16.3 Å². The molecule has 0 amide bonds. The van der Waals surface area contributed by atoms with Crippen molar-refractivity contribution in [3.8, 4) is 5.88 Å². The Morgan fingerprint density at radius 3 is 2.67 bits per heavy atom. The number of rotatable bonds is 5. The third kappa shape index (κ3) is 4.15. The van der Waals surface area contributed by atoms with Crippen molar-refractivity contribution in [2.45, 2.75) is 39.7 Å². The van der Waals surface area contributed by atoms with Gasteiger partial charge < -0.3 is 10.1 Å². The number of nitrogens with one attached hydrogen (secondary N) is 1. The number of ether oxygens (including phenoxy) is 1. The largest absolute Gasteiger partial charge is 0.467 e. The zero-order chi connectivity index (χ0) is 13.8. The molecule has 0 aliphatic carbocycles. The van der Waals surface area contributed by atoms with Crippen LogP contribution in [0, 0.1) is 10.1 Å². The van der Waals surface area contributed by atoms with E-state index in [9.17, 15) is 10.1 Å². The summed E-state index contributed by atoms with van der Waals surface area (Å²) in [6, 6.07) is 0. The van der Waals surface area contributed by atoms with Gasteiger partial charge in [-0.15, -0.1) is 0 Å². The van der Waals surface area contributed by atoms with E-state index in [2.05, 4.69) is 15.3 Å². The van der Waals surface area contributed by atoms with Crippen LogP contribution in [0.15, 0.2) is 6.20 Å². The summed E-state index contributed by atoms with van der Waals surface area (Å²) >= 11 is 0. The van der Waals surface area contributed by atoms with Crippen molar-refractivity contribution >= 4 is 11.6 Å². The van der Waals surface area contributed by atoms with Crippen LogP contribution in [0.25, 0.3) is 0 Å². The molecule has 0 aromatic carbocycles. The van der Waals surface area contributed by atoms with Gasteiger partial charge in [0.05, 0.1) is 4.92 Å². The lowest BCUT2D eigenvalue weighted by atomic mass is 10.2. The molecule has 18 heavy (non-hydrogen) atoms. The van der Waals surface area contributed by atoms with Crippen LogP contribution in [-0.4, -0.2) is 27.0 Å². The van der Waals surface area contributed by atoms with E-state index in [0.29, 0.717) is 12.5 Å². The van der Waals surface area contributed by atoms with E-state index in [0.717, 1.165) is 12.6 Å². The average molecular weight is 254 g/mol. The Hall–Kier alpha value is -1.92. The van der Waals surface area contributed by atoms with Gasteiger partial charge in [0, 0.05) is 6.54 Å². The molecular weight excluding hydrogens is 236 g/mol. The van der Waals surface area contributed by atoms with Gasteiger partial charge in [-0.25, -0.2) is 4.98 Å². The van der Waals surface area contributed by atoms with Gasteiger partial charge in [0.2, 0.25) is 5.95 Å². The van der Waals surface area contributed by atoms with Gasteiger partial charge in [-0.2, -0.15) is 4.98 Å². The van der Waals surface area contributed by atoms with E-state index in [1.807, 2.05) is 6.92 Å². The molecule has 0 saturated heterocycles. The van der Waals surface area contributed by atoms with Crippen molar-refractivity contribution in [1.82, 2.24) is 9.97 Å². The zero-order valence-corrected chi connectivity index (χ0v) is 11.1. The van der Waals surface area contributed by atoms with Crippen LogP contribution in [-0.2, 0) is 0 Å². The third-order valence-electron chi connectivity index (χ3n) is 1.87. The molecule has 0 aliphatic rings. The minimum absolute atomic E-state index is 0.0129. The molecule has 1 aromatic rings. The first-order valence-corrected chi connectivity index (χ1v) is 5.78. The Morgan fingerprint density at radius 2 is 2.17 bits per heavy atom. The molecule has 0 fully saturated rings. The monoisotopic (exact) mass is 254 g/mol. The molecule has 0 spiro atoms. The summed E-state index contributed by atoms with van der Waals surface area (Å²) in [5.41, 5.74) is -0.784. The molecule has 1 rings (SSSR count). The van der Waals surface area contributed by atoms with Crippen molar-refractivity contribution in [1.29, 1.82) is 0 Å². The maximum Gasteiger partial charge on any atom is 0.349 e. The Kier molecular flexibility index (Phi) is 4.41. The fourth-order valence-electron chi connectivity index (χ4n) is 1.17. The minimum Gasteiger partial charge on any atom is -0.467 e. The molecular formula is C11H18N4O3. The van der Waals surface area contributed by atoms with Gasteiger partial charge in [-0.3, -0.25) is 10.1 Å². The first-order valence-electron chi connectivity index (χ1n) is 5.78. The molecule has 7 nitrogen and oxygen atoms in total. The average Bonchev–Trinajstić information content (AvgIpc) is 2.23. The molecule has 0 bridgehead atoms. The minimum atomic E-state index is -0.554. The molecule has 0 radical (unpaired) electrons. The van der Waals surface area contributed by atoms with Crippen LogP contribution in [0.4, 0.5) is 11.6 Å². The third-order valence-corrected chi connectivity index (χ3v) is 1.87. The first kappa shape index (κ1) is 14.1. The van der Waals surface area contributed by atoms with Crippen LogP contribution in [0.2, 0.25) is 0 Å². The van der Waals surface area contributed by atoms with Crippen LogP contribution in [0.1, 0.15) is 34.1 Å². The topological polar surface area (TPSA) is 90.2 Å². The van der Waals surface area contributed by atoms with Crippen molar-refractivity contribution in [2.75, 3.05) is 11.9 Å². The second-order valence-corrected chi connectivity index (χ2v) is 4.78. The molecule has 0 unspecified atom stereocenters. The molecule has 0 atom stereocenters. The van der Waals surface area contributed by atoms with Crippen LogP contribution in [0.3, 0.4) is 0 Å². The van der Waals surface area contributed by atoms with Gasteiger partial charge in [0.1, 0.15) is 11.8 Å². The Balaban J connectivity index is 3.03. The zero-order valence-electron chi connectivity index (χ0n) is 11.1. The van der Waals surface area contributed by atoms with Gasteiger partial charge in [0.15, 0.2) is 0 Å². The Bertz CT molecular complexity index is 429. The summed E-state index contributed by atoms with van der Waals surface area (Å²) in [6.45, 7) is 8.12. The lowest BCUT2D eigenvalue weighted by molar-refractivity contribution is -0.386. The first-order chi connectivity index (χ1) is 8.33. The highest BCUT2D eigenvalue weighted by molar-refractivity contribution is 5.43. The van der Waals surface area contributed by atoms with Gasteiger partial charge >= 0.3 is 5.69 Å². The van der Waals surface area contributed by atoms with Crippen molar-refractivity contribution < 1.29 is 9.66 Å². The van der Waals surface area contributed by atoms with Crippen LogP contribution in [0.5, 0.6) is 5.88 Å². The summed E-state index contributed by atoms with van der Waals surface area (Å²) in [4.78, 5) is 18.2. The lowest BCUT2D eigenvalue weighted by Gasteiger charge is -2.20. The summed E-state index contributed by atoms with van der Waals surface area (Å²) in [5.74, 6) is 0.322. The fraction of sp³-hybridized carbons (Fsp3) is 0.636. The second kappa shape index (κ2) is 5.61. The van der Waals surface area contributed by atoms with Crippen LogP contribution >= 0.6 is 0 Å². The summed E-state index contributed by atoms with van der Waals surface area (Å²) < 4.78 is 5.48. The predicted molar refractivity (Wildman–Crippen MR) is 67.8 cm³/mol. The summed E-state index contributed by atoms with van der Waals surface area (Å²) in [7, 11) is 0. The van der Waals surface area contributed by atoms with E-state index in [1.165, 1.54) is 0 Å². The number of anilines is 1. The molecule has 1 aromatic heterocycles. The highest BCUT2D eigenvalue weighted by Gasteiger charge is 2.23. The van der Waals surface area contributed by atoms with Crippen LogP contribution < -0.4 is 10.1 Å². The predicted octanol–water partition coefficient (Wildman–Crippen LogP) is 2.38. The Labute approximate surface area is 106 Å². The number of hydrogen-bond acceptors (Lipinski definition) is 6. The fourth-order valence-corrected chi connectivity index (χ4v) is 1.17. The van der Waals surface area contributed by atoms with E-state index < -0.39 is 10.5 Å². The molecule has 100 valence electrons. The highest BCUT2D eigenvalue weighted by Crippen LogP contribution is 2.27. The van der Waals surface area contributed by atoms with Gasteiger partial charge in [0.25, 0.3) is 5.88 Å². The summed E-state index contributed by atoms with van der Waals surface area (Å²) in [6.07, 6.45) is 2.07.